The monoisotopic (exact) mass is 195 g/mol. The van der Waals surface area contributed by atoms with Gasteiger partial charge in [0.05, 0.1) is 0 Å². The number of hydrogen-bond acceptors (Lipinski definition) is 2. The number of nitrogens with one attached hydrogen (secondary N) is 1. The number of rotatable bonds is 3. The molecule has 0 aromatic heterocycles. The van der Waals surface area contributed by atoms with Crippen molar-refractivity contribution in [2.24, 2.45) is 5.92 Å². The summed E-state index contributed by atoms with van der Waals surface area (Å²) in [5.74, 6) is -1.72. The second-order valence-corrected chi connectivity index (χ2v) is 4.88. The van der Waals surface area contributed by atoms with E-state index in [1.165, 1.54) is 6.92 Å². The highest BCUT2D eigenvalue weighted by Crippen LogP contribution is 2.39. The molecule has 0 aliphatic carbocycles. The summed E-state index contributed by atoms with van der Waals surface area (Å²) in [5.41, 5.74) is 0. The van der Waals surface area contributed by atoms with Crippen LogP contribution < -0.4 is 5.32 Å². The Balaban J connectivity index is 4.11. The molecule has 0 radical (unpaired) electrons. The summed E-state index contributed by atoms with van der Waals surface area (Å²) in [5, 5.41) is 2.22. The molecular formula is C6H14NO4P. The van der Waals surface area contributed by atoms with Gasteiger partial charge in [-0.05, 0) is 6.92 Å². The van der Waals surface area contributed by atoms with Crippen LogP contribution in [0.1, 0.15) is 20.8 Å². The van der Waals surface area contributed by atoms with Crippen LogP contribution in [0.3, 0.4) is 0 Å². The van der Waals surface area contributed by atoms with Crippen LogP contribution in [0.5, 0.6) is 0 Å². The SMILES string of the molecule is CC(C)C(=O)NC(C)P(=O)(O)O. The van der Waals surface area contributed by atoms with E-state index in [9.17, 15) is 9.36 Å². The molecule has 12 heavy (non-hydrogen) atoms. The molecule has 1 atom stereocenters. The van der Waals surface area contributed by atoms with Gasteiger partial charge in [-0.2, -0.15) is 0 Å². The number of amides is 1. The Morgan fingerprint density at radius 2 is 1.75 bits per heavy atom. The van der Waals surface area contributed by atoms with Crippen LogP contribution in [-0.4, -0.2) is 21.5 Å². The maximum atomic E-state index is 10.9. The Labute approximate surface area is 71.3 Å². The first-order valence-electron chi connectivity index (χ1n) is 3.60. The summed E-state index contributed by atoms with van der Waals surface area (Å²) in [6.07, 6.45) is 0. The highest BCUT2D eigenvalue weighted by molar-refractivity contribution is 7.52. The first-order chi connectivity index (χ1) is 5.25. The highest BCUT2D eigenvalue weighted by atomic mass is 31.2. The van der Waals surface area contributed by atoms with Crippen molar-refractivity contribution in [1.82, 2.24) is 5.32 Å². The van der Waals surface area contributed by atoms with Crippen molar-refractivity contribution in [3.63, 3.8) is 0 Å². The fourth-order valence-electron chi connectivity index (χ4n) is 0.457. The van der Waals surface area contributed by atoms with E-state index in [0.717, 1.165) is 0 Å². The number of carbonyl (C=O) groups is 1. The van der Waals surface area contributed by atoms with E-state index in [-0.39, 0.29) is 11.8 Å². The second-order valence-electron chi connectivity index (χ2n) is 2.93. The van der Waals surface area contributed by atoms with Gasteiger partial charge >= 0.3 is 7.60 Å². The van der Waals surface area contributed by atoms with Crippen LogP contribution in [0.15, 0.2) is 0 Å². The number of hydrogen-bond donors (Lipinski definition) is 3. The van der Waals surface area contributed by atoms with Gasteiger partial charge in [0.1, 0.15) is 5.78 Å². The zero-order valence-corrected chi connectivity index (χ0v) is 8.21. The Kier molecular flexibility index (Phi) is 3.90. The van der Waals surface area contributed by atoms with Crippen molar-refractivity contribution in [3.8, 4) is 0 Å². The van der Waals surface area contributed by atoms with Crippen LogP contribution in [0, 0.1) is 5.92 Å². The summed E-state index contributed by atoms with van der Waals surface area (Å²) < 4.78 is 10.6. The van der Waals surface area contributed by atoms with Crippen LogP contribution in [-0.2, 0) is 9.36 Å². The van der Waals surface area contributed by atoms with Gasteiger partial charge in [-0.15, -0.1) is 0 Å². The molecule has 0 bridgehead atoms. The molecule has 5 nitrogen and oxygen atoms in total. The quantitative estimate of drug-likeness (QED) is 0.564. The molecule has 0 aliphatic rings. The maximum absolute atomic E-state index is 10.9. The predicted octanol–water partition coefficient (Wildman–Crippen LogP) is 0.282. The Hall–Kier alpha value is -0.380. The van der Waals surface area contributed by atoms with E-state index in [2.05, 4.69) is 5.32 Å². The third-order valence-electron chi connectivity index (χ3n) is 1.38. The molecule has 0 rings (SSSR count). The molecule has 3 N–H and O–H groups in total. The minimum Gasteiger partial charge on any atom is -0.342 e. The van der Waals surface area contributed by atoms with Gasteiger partial charge in [0.15, 0.2) is 0 Å². The molecule has 1 unspecified atom stereocenters. The van der Waals surface area contributed by atoms with Crippen LogP contribution in [0.25, 0.3) is 0 Å². The zero-order chi connectivity index (χ0) is 9.94. The summed E-state index contributed by atoms with van der Waals surface area (Å²) in [6.45, 7) is 4.59. The van der Waals surface area contributed by atoms with E-state index in [1.807, 2.05) is 0 Å². The van der Waals surface area contributed by atoms with Gasteiger partial charge in [-0.3, -0.25) is 9.36 Å². The number of carbonyl (C=O) groups excluding carboxylic acids is 1. The zero-order valence-electron chi connectivity index (χ0n) is 7.31. The summed E-state index contributed by atoms with van der Waals surface area (Å²) in [4.78, 5) is 28.2. The summed E-state index contributed by atoms with van der Waals surface area (Å²) >= 11 is 0. The van der Waals surface area contributed by atoms with Crippen LogP contribution in [0.2, 0.25) is 0 Å². The normalized spacial score (nSPS) is 14.5. The lowest BCUT2D eigenvalue weighted by Gasteiger charge is -2.16. The standard InChI is InChI=1S/C6H14NO4P/c1-4(2)6(8)7-5(3)12(9,10)11/h4-5H,1-3H3,(H,7,8)(H2,9,10,11). The largest absolute Gasteiger partial charge is 0.347 e. The molecule has 0 saturated heterocycles. The Morgan fingerprint density at radius 3 is 2.00 bits per heavy atom. The summed E-state index contributed by atoms with van der Waals surface area (Å²) in [7, 11) is -4.18. The van der Waals surface area contributed by atoms with Crippen LogP contribution >= 0.6 is 7.60 Å². The fraction of sp³-hybridized carbons (Fsp3) is 0.833. The third-order valence-corrected chi connectivity index (χ3v) is 2.52. The van der Waals surface area contributed by atoms with Crippen molar-refractivity contribution >= 4 is 13.5 Å². The molecule has 0 spiro atoms. The lowest BCUT2D eigenvalue weighted by molar-refractivity contribution is -0.124. The molecular weight excluding hydrogens is 181 g/mol. The van der Waals surface area contributed by atoms with Gasteiger partial charge in [0, 0.05) is 5.92 Å². The third kappa shape index (κ3) is 3.85. The molecule has 0 heterocycles. The van der Waals surface area contributed by atoms with E-state index in [1.54, 1.807) is 13.8 Å². The smallest absolute Gasteiger partial charge is 0.342 e. The van der Waals surface area contributed by atoms with E-state index < -0.39 is 13.4 Å². The van der Waals surface area contributed by atoms with Crippen LogP contribution in [0.4, 0.5) is 0 Å². The summed E-state index contributed by atoms with van der Waals surface area (Å²) in [6, 6.07) is 0. The van der Waals surface area contributed by atoms with E-state index in [4.69, 9.17) is 9.79 Å². The van der Waals surface area contributed by atoms with Gasteiger partial charge in [0.25, 0.3) is 0 Å². The van der Waals surface area contributed by atoms with Gasteiger partial charge < -0.3 is 15.1 Å². The van der Waals surface area contributed by atoms with Gasteiger partial charge in [-0.25, -0.2) is 0 Å². The van der Waals surface area contributed by atoms with Crippen molar-refractivity contribution in [3.05, 3.63) is 0 Å². The maximum Gasteiger partial charge on any atom is 0.347 e. The van der Waals surface area contributed by atoms with E-state index >= 15 is 0 Å². The molecule has 1 amide bonds. The molecule has 0 fully saturated rings. The Bertz CT molecular complexity index is 210. The molecule has 0 aromatic carbocycles. The minimum absolute atomic E-state index is 0.265. The minimum atomic E-state index is -4.18. The fourth-order valence-corrected chi connectivity index (χ4v) is 0.752. The topological polar surface area (TPSA) is 86.6 Å². The molecule has 0 saturated carbocycles. The first-order valence-corrected chi connectivity index (χ1v) is 5.29. The van der Waals surface area contributed by atoms with Crippen molar-refractivity contribution in [2.45, 2.75) is 26.6 Å². The van der Waals surface area contributed by atoms with Crippen molar-refractivity contribution in [1.29, 1.82) is 0 Å². The van der Waals surface area contributed by atoms with Gasteiger partial charge in [-0.1, -0.05) is 13.8 Å². The van der Waals surface area contributed by atoms with E-state index in [0.29, 0.717) is 0 Å². The average molecular weight is 195 g/mol. The molecule has 6 heteroatoms. The predicted molar refractivity (Wildman–Crippen MR) is 44.5 cm³/mol. The average Bonchev–Trinajstić information content (AvgIpc) is 1.85. The lowest BCUT2D eigenvalue weighted by atomic mass is 10.2. The molecule has 0 aromatic rings. The second kappa shape index (κ2) is 4.03. The molecule has 0 aliphatic heterocycles. The van der Waals surface area contributed by atoms with Gasteiger partial charge in [0.2, 0.25) is 5.91 Å². The van der Waals surface area contributed by atoms with Crippen molar-refractivity contribution < 1.29 is 19.1 Å². The van der Waals surface area contributed by atoms with Crippen molar-refractivity contribution in [2.75, 3.05) is 0 Å². The lowest BCUT2D eigenvalue weighted by Crippen LogP contribution is -2.35. The highest BCUT2D eigenvalue weighted by Gasteiger charge is 2.25. The first kappa shape index (κ1) is 11.6. The molecule has 72 valence electrons. The Morgan fingerprint density at radius 1 is 1.33 bits per heavy atom.